The Labute approximate surface area is 157 Å². The van der Waals surface area contributed by atoms with Gasteiger partial charge in [0.1, 0.15) is 6.26 Å². The summed E-state index contributed by atoms with van der Waals surface area (Å²) in [6.45, 7) is 0. The molecule has 0 saturated heterocycles. The Morgan fingerprint density at radius 1 is 1.04 bits per heavy atom. The molecular weight excluding hydrogens is 378 g/mol. The maximum Gasteiger partial charge on any atom is 0.259 e. The van der Waals surface area contributed by atoms with Gasteiger partial charge in [0.05, 0.1) is 26.9 Å². The Hall–Kier alpha value is -2.09. The van der Waals surface area contributed by atoms with Crippen LogP contribution in [-0.2, 0) is 11.5 Å². The molecule has 0 aliphatic carbocycles. The van der Waals surface area contributed by atoms with E-state index in [0.29, 0.717) is 34.1 Å². The van der Waals surface area contributed by atoms with Gasteiger partial charge >= 0.3 is 0 Å². The van der Waals surface area contributed by atoms with E-state index in [2.05, 4.69) is 15.1 Å². The fraction of sp³-hybridized carbons (Fsp3) is 0.118. The molecule has 0 spiro atoms. The van der Waals surface area contributed by atoms with Crippen molar-refractivity contribution in [2.24, 2.45) is 0 Å². The van der Waals surface area contributed by atoms with E-state index in [1.807, 2.05) is 35.7 Å². The number of thioether (sulfide) groups is 1. The van der Waals surface area contributed by atoms with Crippen molar-refractivity contribution in [3.8, 4) is 22.2 Å². The van der Waals surface area contributed by atoms with Gasteiger partial charge in [-0.25, -0.2) is 4.98 Å². The van der Waals surface area contributed by atoms with Gasteiger partial charge in [-0.2, -0.15) is 4.98 Å². The zero-order valence-corrected chi connectivity index (χ0v) is 15.3. The molecule has 0 atom stereocenters. The van der Waals surface area contributed by atoms with E-state index in [9.17, 15) is 0 Å². The van der Waals surface area contributed by atoms with Gasteiger partial charge in [0.25, 0.3) is 5.89 Å². The van der Waals surface area contributed by atoms with Crippen molar-refractivity contribution < 1.29 is 8.94 Å². The number of halogens is 1. The zero-order chi connectivity index (χ0) is 17.1. The number of aromatic nitrogens is 3. The van der Waals surface area contributed by atoms with Gasteiger partial charge in [-0.05, 0) is 23.6 Å². The van der Waals surface area contributed by atoms with E-state index in [-0.39, 0.29) is 0 Å². The number of benzene rings is 1. The largest absolute Gasteiger partial charge is 0.444 e. The third-order valence-corrected chi connectivity index (χ3v) is 5.49. The van der Waals surface area contributed by atoms with Gasteiger partial charge in [0.15, 0.2) is 5.82 Å². The van der Waals surface area contributed by atoms with Crippen LogP contribution in [0, 0.1) is 0 Å². The Balaban J connectivity index is 1.36. The fourth-order valence-electron chi connectivity index (χ4n) is 2.19. The normalized spacial score (nSPS) is 11.1. The van der Waals surface area contributed by atoms with Crippen molar-refractivity contribution >= 4 is 34.7 Å². The van der Waals surface area contributed by atoms with E-state index >= 15 is 0 Å². The van der Waals surface area contributed by atoms with Crippen molar-refractivity contribution in [3.05, 3.63) is 64.6 Å². The maximum atomic E-state index is 6.15. The molecule has 0 radical (unpaired) electrons. The standard InChI is InChI=1S/C17H12ClN3O2S2/c18-13-5-2-1-4-12(13)16-20-15(21-23-16)10-24-9-11-8-22-17(19-11)14-6-3-7-25-14/h1-8H,9-10H2. The van der Waals surface area contributed by atoms with Crippen LogP contribution in [0.5, 0.6) is 0 Å². The van der Waals surface area contributed by atoms with Crippen LogP contribution in [0.2, 0.25) is 5.02 Å². The van der Waals surface area contributed by atoms with Crippen molar-refractivity contribution in [2.45, 2.75) is 11.5 Å². The molecule has 4 aromatic rings. The van der Waals surface area contributed by atoms with Crippen LogP contribution in [0.4, 0.5) is 0 Å². The predicted octanol–water partition coefficient (Wildman–Crippen LogP) is 5.54. The number of nitrogens with zero attached hydrogens (tertiary/aromatic N) is 3. The molecular formula is C17H12ClN3O2S2. The summed E-state index contributed by atoms with van der Waals surface area (Å²) in [5.41, 5.74) is 1.63. The van der Waals surface area contributed by atoms with Gasteiger partial charge in [-0.3, -0.25) is 0 Å². The van der Waals surface area contributed by atoms with Crippen molar-refractivity contribution in [1.82, 2.24) is 15.1 Å². The fourth-order valence-corrected chi connectivity index (χ4v) is 3.81. The zero-order valence-electron chi connectivity index (χ0n) is 12.9. The number of thiophene rings is 1. The SMILES string of the molecule is Clc1ccccc1-c1nc(CSCc2coc(-c3cccs3)n2)no1. The first-order chi connectivity index (χ1) is 12.3. The van der Waals surface area contributed by atoms with Crippen LogP contribution in [0.1, 0.15) is 11.5 Å². The predicted molar refractivity (Wildman–Crippen MR) is 99.6 cm³/mol. The summed E-state index contributed by atoms with van der Waals surface area (Å²) in [7, 11) is 0. The lowest BCUT2D eigenvalue weighted by atomic mass is 10.2. The minimum atomic E-state index is 0.433. The lowest BCUT2D eigenvalue weighted by Gasteiger charge is -1.96. The lowest BCUT2D eigenvalue weighted by molar-refractivity contribution is 0.425. The summed E-state index contributed by atoms with van der Waals surface area (Å²) in [6.07, 6.45) is 1.69. The van der Waals surface area contributed by atoms with E-state index in [4.69, 9.17) is 20.5 Å². The quantitative estimate of drug-likeness (QED) is 0.431. The molecule has 5 nitrogen and oxygen atoms in total. The highest BCUT2D eigenvalue weighted by atomic mass is 35.5. The molecule has 0 unspecified atom stereocenters. The van der Waals surface area contributed by atoms with E-state index in [1.54, 1.807) is 35.4 Å². The highest BCUT2D eigenvalue weighted by molar-refractivity contribution is 7.97. The van der Waals surface area contributed by atoms with Crippen LogP contribution in [0.15, 0.2) is 57.0 Å². The summed E-state index contributed by atoms with van der Waals surface area (Å²) in [4.78, 5) is 9.91. The lowest BCUT2D eigenvalue weighted by Crippen LogP contribution is -1.87. The van der Waals surface area contributed by atoms with Crippen LogP contribution >= 0.6 is 34.7 Å². The number of rotatable bonds is 6. The molecule has 0 amide bonds. The molecule has 4 rings (SSSR count). The molecule has 0 fully saturated rings. The molecule has 1 aromatic carbocycles. The maximum absolute atomic E-state index is 6.15. The molecule has 0 N–H and O–H groups in total. The topological polar surface area (TPSA) is 65.0 Å². The molecule has 3 heterocycles. The highest BCUT2D eigenvalue weighted by Gasteiger charge is 2.12. The highest BCUT2D eigenvalue weighted by Crippen LogP contribution is 2.28. The van der Waals surface area contributed by atoms with Gasteiger partial charge in [-0.1, -0.05) is 35.0 Å². The smallest absolute Gasteiger partial charge is 0.259 e. The second kappa shape index (κ2) is 7.43. The van der Waals surface area contributed by atoms with Crippen LogP contribution in [-0.4, -0.2) is 15.1 Å². The average molecular weight is 390 g/mol. The monoisotopic (exact) mass is 389 g/mol. The Morgan fingerprint density at radius 2 is 1.96 bits per heavy atom. The minimum absolute atomic E-state index is 0.433. The first-order valence-electron chi connectivity index (χ1n) is 7.43. The van der Waals surface area contributed by atoms with E-state index in [1.165, 1.54) is 0 Å². The van der Waals surface area contributed by atoms with Crippen LogP contribution < -0.4 is 0 Å². The summed E-state index contributed by atoms with van der Waals surface area (Å²) < 4.78 is 10.8. The summed E-state index contributed by atoms with van der Waals surface area (Å²) in [5, 5.41) is 6.60. The number of hydrogen-bond donors (Lipinski definition) is 0. The number of oxazole rings is 1. The molecule has 3 aromatic heterocycles. The molecule has 126 valence electrons. The van der Waals surface area contributed by atoms with Crippen LogP contribution in [0.25, 0.3) is 22.2 Å². The molecule has 0 aliphatic heterocycles. The first kappa shape index (κ1) is 16.4. The third kappa shape index (κ3) is 3.78. The molecule has 0 aliphatic rings. The molecule has 0 saturated carbocycles. The number of hydrogen-bond acceptors (Lipinski definition) is 7. The molecule has 25 heavy (non-hydrogen) atoms. The van der Waals surface area contributed by atoms with Gasteiger partial charge < -0.3 is 8.94 Å². The van der Waals surface area contributed by atoms with Gasteiger partial charge in [0, 0.05) is 5.75 Å². The second-order valence-corrected chi connectivity index (χ2v) is 7.45. The first-order valence-corrected chi connectivity index (χ1v) is 9.84. The summed E-state index contributed by atoms with van der Waals surface area (Å²) in [6, 6.07) is 11.4. The van der Waals surface area contributed by atoms with Crippen molar-refractivity contribution in [3.63, 3.8) is 0 Å². The summed E-state index contributed by atoms with van der Waals surface area (Å²) in [5.74, 6) is 3.05. The Kier molecular flexibility index (Phi) is 4.87. The van der Waals surface area contributed by atoms with Crippen molar-refractivity contribution in [1.29, 1.82) is 0 Å². The third-order valence-electron chi connectivity index (χ3n) is 3.34. The van der Waals surface area contributed by atoms with Gasteiger partial charge in [0.2, 0.25) is 5.89 Å². The molecule has 0 bridgehead atoms. The Bertz CT molecular complexity index is 966. The van der Waals surface area contributed by atoms with E-state index in [0.717, 1.165) is 16.1 Å². The Morgan fingerprint density at radius 3 is 2.80 bits per heavy atom. The second-order valence-electron chi connectivity index (χ2n) is 5.11. The van der Waals surface area contributed by atoms with E-state index < -0.39 is 0 Å². The van der Waals surface area contributed by atoms with Crippen molar-refractivity contribution in [2.75, 3.05) is 0 Å². The van der Waals surface area contributed by atoms with Gasteiger partial charge in [-0.15, -0.1) is 23.1 Å². The minimum Gasteiger partial charge on any atom is -0.444 e. The molecule has 8 heteroatoms. The summed E-state index contributed by atoms with van der Waals surface area (Å²) >= 11 is 9.40. The van der Waals surface area contributed by atoms with Crippen LogP contribution in [0.3, 0.4) is 0 Å². The average Bonchev–Trinajstić information content (AvgIpc) is 3.37.